The van der Waals surface area contributed by atoms with Crippen molar-refractivity contribution in [3.05, 3.63) is 0 Å². The first-order valence-electron chi connectivity index (χ1n) is 5.36. The van der Waals surface area contributed by atoms with Gasteiger partial charge in [-0.2, -0.15) is 0 Å². The van der Waals surface area contributed by atoms with E-state index in [1.807, 2.05) is 0 Å². The highest BCUT2D eigenvalue weighted by Gasteiger charge is 2.18. The zero-order chi connectivity index (χ0) is 12.4. The topological polar surface area (TPSA) is 90.8 Å². The van der Waals surface area contributed by atoms with Crippen LogP contribution in [0.3, 0.4) is 0 Å². The van der Waals surface area contributed by atoms with Gasteiger partial charge >= 0.3 is 0 Å². The van der Waals surface area contributed by atoms with Crippen molar-refractivity contribution in [2.75, 3.05) is 47.1 Å². The molecule has 0 heterocycles. The fourth-order valence-corrected chi connectivity index (χ4v) is 1.49. The van der Waals surface area contributed by atoms with E-state index < -0.39 is 0 Å². The fourth-order valence-electron chi connectivity index (χ4n) is 1.49. The summed E-state index contributed by atoms with van der Waals surface area (Å²) >= 11 is 0. The van der Waals surface area contributed by atoms with E-state index in [9.17, 15) is 4.79 Å². The number of primary amides is 1. The second-order valence-corrected chi connectivity index (χ2v) is 3.58. The minimum atomic E-state index is -0.338. The number of nitrogens with zero attached hydrogens (tertiary/aromatic N) is 1. The summed E-state index contributed by atoms with van der Waals surface area (Å²) in [4.78, 5) is 13.0. The van der Waals surface area contributed by atoms with Crippen molar-refractivity contribution >= 4 is 5.91 Å². The lowest BCUT2D eigenvalue weighted by Crippen LogP contribution is -2.46. The van der Waals surface area contributed by atoms with Crippen molar-refractivity contribution in [1.82, 2.24) is 4.90 Å². The zero-order valence-electron chi connectivity index (χ0n) is 10.1. The van der Waals surface area contributed by atoms with Crippen molar-refractivity contribution in [3.63, 3.8) is 0 Å². The first-order valence-corrected chi connectivity index (χ1v) is 5.36. The number of methoxy groups -OCH3 is 2. The van der Waals surface area contributed by atoms with Crippen molar-refractivity contribution < 1.29 is 14.3 Å². The summed E-state index contributed by atoms with van der Waals surface area (Å²) in [5.41, 5.74) is 10.8. The van der Waals surface area contributed by atoms with E-state index in [-0.39, 0.29) is 18.4 Å². The van der Waals surface area contributed by atoms with Crippen molar-refractivity contribution in [1.29, 1.82) is 0 Å². The average Bonchev–Trinajstić information content (AvgIpc) is 2.26. The number of carbonyl (C=O) groups excluding carboxylic acids is 1. The van der Waals surface area contributed by atoms with Crippen LogP contribution in [0.5, 0.6) is 0 Å². The molecule has 6 nitrogen and oxygen atoms in total. The van der Waals surface area contributed by atoms with Crippen molar-refractivity contribution in [2.45, 2.75) is 12.5 Å². The van der Waals surface area contributed by atoms with Gasteiger partial charge in [-0.15, -0.1) is 0 Å². The van der Waals surface area contributed by atoms with Gasteiger partial charge in [0.15, 0.2) is 0 Å². The van der Waals surface area contributed by atoms with E-state index in [1.54, 1.807) is 14.2 Å². The lowest BCUT2D eigenvalue weighted by Gasteiger charge is -2.29. The van der Waals surface area contributed by atoms with Gasteiger partial charge in [0.1, 0.15) is 0 Å². The van der Waals surface area contributed by atoms with E-state index in [2.05, 4.69) is 4.90 Å². The molecule has 0 saturated carbocycles. The first kappa shape index (κ1) is 15.3. The molecule has 0 fully saturated rings. The zero-order valence-corrected chi connectivity index (χ0v) is 10.1. The summed E-state index contributed by atoms with van der Waals surface area (Å²) in [6.45, 7) is 3.03. The molecule has 6 heteroatoms. The van der Waals surface area contributed by atoms with Crippen LogP contribution >= 0.6 is 0 Å². The Kier molecular flexibility index (Phi) is 9.12. The molecule has 0 spiro atoms. The highest BCUT2D eigenvalue weighted by molar-refractivity contribution is 5.74. The third kappa shape index (κ3) is 6.73. The highest BCUT2D eigenvalue weighted by Crippen LogP contribution is 2.02. The number of amides is 1. The summed E-state index contributed by atoms with van der Waals surface area (Å²) in [5.74, 6) is -0.338. The Morgan fingerprint density at radius 1 is 1.25 bits per heavy atom. The predicted octanol–water partition coefficient (Wildman–Crippen LogP) is -1.22. The van der Waals surface area contributed by atoms with Crippen LogP contribution in [0.1, 0.15) is 6.42 Å². The normalized spacial score (nSPS) is 13.0. The Labute approximate surface area is 96.9 Å². The summed E-state index contributed by atoms with van der Waals surface area (Å²) in [6.07, 6.45) is 0.268. The number of carbonyl (C=O) groups is 1. The molecular formula is C10H23N3O3. The van der Waals surface area contributed by atoms with Crippen LogP contribution in [0.4, 0.5) is 0 Å². The van der Waals surface area contributed by atoms with Crippen LogP contribution in [0.15, 0.2) is 0 Å². The van der Waals surface area contributed by atoms with E-state index >= 15 is 0 Å². The van der Waals surface area contributed by atoms with Crippen molar-refractivity contribution in [3.8, 4) is 0 Å². The largest absolute Gasteiger partial charge is 0.383 e. The SMILES string of the molecule is COCCN(CCOC)C(CN)CC(N)=O. The fraction of sp³-hybridized carbons (Fsp3) is 0.900. The minimum Gasteiger partial charge on any atom is -0.383 e. The van der Waals surface area contributed by atoms with Gasteiger partial charge in [-0.05, 0) is 0 Å². The molecule has 0 aliphatic carbocycles. The number of hydrogen-bond donors (Lipinski definition) is 2. The summed E-state index contributed by atoms with van der Waals surface area (Å²) in [6, 6.07) is -0.0391. The van der Waals surface area contributed by atoms with Crippen LogP contribution in [-0.4, -0.2) is 63.9 Å². The molecule has 1 atom stereocenters. The predicted molar refractivity (Wildman–Crippen MR) is 62.0 cm³/mol. The van der Waals surface area contributed by atoms with Gasteiger partial charge in [0, 0.05) is 46.3 Å². The van der Waals surface area contributed by atoms with Crippen LogP contribution in [0, 0.1) is 0 Å². The van der Waals surface area contributed by atoms with E-state index in [4.69, 9.17) is 20.9 Å². The number of hydrogen-bond acceptors (Lipinski definition) is 5. The monoisotopic (exact) mass is 233 g/mol. The Bertz CT molecular complexity index is 182. The van der Waals surface area contributed by atoms with Crippen LogP contribution < -0.4 is 11.5 Å². The third-order valence-electron chi connectivity index (χ3n) is 2.39. The van der Waals surface area contributed by atoms with Crippen LogP contribution in [0.25, 0.3) is 0 Å². The molecule has 0 rings (SSSR count). The third-order valence-corrected chi connectivity index (χ3v) is 2.39. The maximum absolute atomic E-state index is 10.9. The van der Waals surface area contributed by atoms with Gasteiger partial charge in [-0.1, -0.05) is 0 Å². The Hall–Kier alpha value is -0.690. The second-order valence-electron chi connectivity index (χ2n) is 3.58. The molecule has 16 heavy (non-hydrogen) atoms. The molecule has 0 saturated heterocycles. The van der Waals surface area contributed by atoms with Gasteiger partial charge in [0.25, 0.3) is 0 Å². The quantitative estimate of drug-likeness (QED) is 0.494. The maximum Gasteiger partial charge on any atom is 0.219 e. The van der Waals surface area contributed by atoms with Gasteiger partial charge in [0.05, 0.1) is 13.2 Å². The maximum atomic E-state index is 10.9. The molecule has 0 aromatic heterocycles. The first-order chi connectivity index (χ1) is 7.65. The smallest absolute Gasteiger partial charge is 0.219 e. The summed E-state index contributed by atoms with van der Waals surface area (Å²) < 4.78 is 10.0. The van der Waals surface area contributed by atoms with Gasteiger partial charge < -0.3 is 20.9 Å². The van der Waals surface area contributed by atoms with Crippen molar-refractivity contribution in [2.24, 2.45) is 11.5 Å². The Morgan fingerprint density at radius 3 is 2.06 bits per heavy atom. The van der Waals surface area contributed by atoms with Crippen LogP contribution in [-0.2, 0) is 14.3 Å². The Balaban J connectivity index is 4.23. The molecular weight excluding hydrogens is 210 g/mol. The lowest BCUT2D eigenvalue weighted by atomic mass is 10.1. The van der Waals surface area contributed by atoms with E-state index in [0.29, 0.717) is 19.8 Å². The molecule has 0 aromatic carbocycles. The van der Waals surface area contributed by atoms with Crippen LogP contribution in [0.2, 0.25) is 0 Å². The molecule has 0 radical (unpaired) electrons. The molecule has 0 aromatic rings. The lowest BCUT2D eigenvalue weighted by molar-refractivity contribution is -0.119. The van der Waals surface area contributed by atoms with E-state index in [0.717, 1.165) is 13.1 Å². The molecule has 96 valence electrons. The molecule has 0 aliphatic rings. The highest BCUT2D eigenvalue weighted by atomic mass is 16.5. The van der Waals surface area contributed by atoms with Gasteiger partial charge in [-0.3, -0.25) is 9.69 Å². The standard InChI is InChI=1S/C10H23N3O3/c1-15-5-3-13(4-6-16-2)9(8-11)7-10(12)14/h9H,3-8,11H2,1-2H3,(H2,12,14). The van der Waals surface area contributed by atoms with E-state index in [1.165, 1.54) is 0 Å². The van der Waals surface area contributed by atoms with Gasteiger partial charge in [-0.25, -0.2) is 0 Å². The second kappa shape index (κ2) is 9.53. The number of nitrogens with two attached hydrogens (primary N) is 2. The Morgan fingerprint density at radius 2 is 1.75 bits per heavy atom. The molecule has 4 N–H and O–H groups in total. The number of rotatable bonds is 10. The minimum absolute atomic E-state index is 0.0391. The molecule has 0 bridgehead atoms. The van der Waals surface area contributed by atoms with Gasteiger partial charge in [0.2, 0.25) is 5.91 Å². The molecule has 1 amide bonds. The number of ether oxygens (including phenoxy) is 2. The molecule has 1 unspecified atom stereocenters. The molecule has 0 aliphatic heterocycles. The average molecular weight is 233 g/mol. The summed E-state index contributed by atoms with van der Waals surface area (Å²) in [5, 5.41) is 0. The summed E-state index contributed by atoms with van der Waals surface area (Å²) in [7, 11) is 3.28.